The molecule has 1 fully saturated rings. The second-order valence-corrected chi connectivity index (χ2v) is 3.47. The molecule has 1 amide bonds. The average molecular weight is 237 g/mol. The number of ether oxygens (including phenoxy) is 2. The summed E-state index contributed by atoms with van der Waals surface area (Å²) in [5.74, 6) is -0.767. The molecule has 1 aliphatic heterocycles. The van der Waals surface area contributed by atoms with Crippen molar-refractivity contribution in [2.75, 3.05) is 13.2 Å². The highest BCUT2D eigenvalue weighted by molar-refractivity contribution is 5.74. The molecule has 0 bridgehead atoms. The lowest BCUT2D eigenvalue weighted by molar-refractivity contribution is -0.299. The normalized spacial score (nSPS) is 39.6. The smallest absolute Gasteiger partial charge is 0.243 e. The van der Waals surface area contributed by atoms with Crippen LogP contribution < -0.4 is 5.73 Å². The number of aliphatic hydroxyl groups is 4. The minimum Gasteiger partial charge on any atom is -0.394 e. The maximum absolute atomic E-state index is 10.4. The summed E-state index contributed by atoms with van der Waals surface area (Å²) in [5.41, 5.74) is 4.82. The molecule has 0 spiro atoms. The summed E-state index contributed by atoms with van der Waals surface area (Å²) in [6.45, 7) is -1.05. The van der Waals surface area contributed by atoms with Gasteiger partial charge in [-0.3, -0.25) is 4.79 Å². The molecule has 94 valence electrons. The van der Waals surface area contributed by atoms with Crippen molar-refractivity contribution in [3.8, 4) is 0 Å². The molecule has 0 radical (unpaired) electrons. The van der Waals surface area contributed by atoms with E-state index < -0.39 is 49.8 Å². The van der Waals surface area contributed by atoms with Crippen molar-refractivity contribution >= 4 is 5.91 Å². The fourth-order valence-electron chi connectivity index (χ4n) is 1.37. The topological polar surface area (TPSA) is 142 Å². The first-order valence-electron chi connectivity index (χ1n) is 4.67. The lowest BCUT2D eigenvalue weighted by Crippen LogP contribution is -2.59. The zero-order chi connectivity index (χ0) is 12.3. The van der Waals surface area contributed by atoms with Gasteiger partial charge in [0.2, 0.25) is 5.91 Å². The van der Waals surface area contributed by atoms with Crippen LogP contribution in [0.1, 0.15) is 0 Å². The van der Waals surface area contributed by atoms with Gasteiger partial charge in [-0.25, -0.2) is 0 Å². The fourth-order valence-corrected chi connectivity index (χ4v) is 1.37. The molecular formula is C8H15NO7. The highest BCUT2D eigenvalue weighted by atomic mass is 16.7. The van der Waals surface area contributed by atoms with E-state index in [1.807, 2.05) is 0 Å². The van der Waals surface area contributed by atoms with Crippen LogP contribution in [0.2, 0.25) is 0 Å². The molecule has 5 atom stereocenters. The first-order chi connectivity index (χ1) is 7.47. The van der Waals surface area contributed by atoms with E-state index in [1.165, 1.54) is 0 Å². The molecule has 1 heterocycles. The Morgan fingerprint density at radius 3 is 2.38 bits per heavy atom. The predicted octanol–water partition coefficient (Wildman–Crippen LogP) is -3.71. The summed E-state index contributed by atoms with van der Waals surface area (Å²) in [6, 6.07) is 0. The zero-order valence-electron chi connectivity index (χ0n) is 8.39. The van der Waals surface area contributed by atoms with Crippen LogP contribution in [0.3, 0.4) is 0 Å². The van der Waals surface area contributed by atoms with E-state index in [0.29, 0.717) is 0 Å². The largest absolute Gasteiger partial charge is 0.394 e. The number of carbonyl (C=O) groups excluding carboxylic acids is 1. The van der Waals surface area contributed by atoms with Gasteiger partial charge in [-0.1, -0.05) is 0 Å². The molecule has 1 rings (SSSR count). The number of aliphatic hydroxyl groups excluding tert-OH is 4. The monoisotopic (exact) mass is 237 g/mol. The molecule has 3 unspecified atom stereocenters. The Labute approximate surface area is 91.2 Å². The Balaban J connectivity index is 2.60. The van der Waals surface area contributed by atoms with Gasteiger partial charge in [-0.15, -0.1) is 0 Å². The third-order valence-corrected chi connectivity index (χ3v) is 2.24. The molecular weight excluding hydrogens is 222 g/mol. The van der Waals surface area contributed by atoms with Crippen LogP contribution in [0.15, 0.2) is 0 Å². The van der Waals surface area contributed by atoms with E-state index in [4.69, 9.17) is 20.3 Å². The molecule has 0 aliphatic carbocycles. The van der Waals surface area contributed by atoms with Crippen LogP contribution >= 0.6 is 0 Å². The van der Waals surface area contributed by atoms with Crippen LogP contribution in [0.5, 0.6) is 0 Å². The Kier molecular flexibility index (Phi) is 4.59. The van der Waals surface area contributed by atoms with Gasteiger partial charge in [-0.2, -0.15) is 0 Å². The third kappa shape index (κ3) is 2.88. The van der Waals surface area contributed by atoms with Gasteiger partial charge in [0.25, 0.3) is 0 Å². The van der Waals surface area contributed by atoms with Crippen molar-refractivity contribution in [1.29, 1.82) is 0 Å². The first kappa shape index (κ1) is 13.3. The molecule has 8 heteroatoms. The van der Waals surface area contributed by atoms with Crippen LogP contribution in [-0.2, 0) is 14.3 Å². The highest BCUT2D eigenvalue weighted by Gasteiger charge is 2.44. The molecule has 0 aromatic carbocycles. The van der Waals surface area contributed by atoms with Crippen molar-refractivity contribution in [3.05, 3.63) is 0 Å². The van der Waals surface area contributed by atoms with Crippen LogP contribution in [-0.4, -0.2) is 70.3 Å². The van der Waals surface area contributed by atoms with Crippen molar-refractivity contribution < 1.29 is 34.7 Å². The number of primary amides is 1. The van der Waals surface area contributed by atoms with Gasteiger partial charge >= 0.3 is 0 Å². The minimum absolute atomic E-state index is 0.497. The van der Waals surface area contributed by atoms with Gasteiger partial charge in [-0.05, 0) is 0 Å². The second-order valence-electron chi connectivity index (χ2n) is 3.47. The predicted molar refractivity (Wildman–Crippen MR) is 48.9 cm³/mol. The molecule has 0 aromatic rings. The molecule has 0 saturated carbocycles. The van der Waals surface area contributed by atoms with E-state index in [-0.39, 0.29) is 0 Å². The molecule has 0 aromatic heterocycles. The number of hydrogen-bond donors (Lipinski definition) is 5. The highest BCUT2D eigenvalue weighted by Crippen LogP contribution is 2.21. The van der Waals surface area contributed by atoms with E-state index >= 15 is 0 Å². The Morgan fingerprint density at radius 1 is 1.25 bits per heavy atom. The van der Waals surface area contributed by atoms with E-state index in [0.717, 1.165) is 0 Å². The molecule has 8 nitrogen and oxygen atoms in total. The molecule has 1 aliphatic rings. The van der Waals surface area contributed by atoms with E-state index in [9.17, 15) is 20.1 Å². The molecule has 16 heavy (non-hydrogen) atoms. The van der Waals surface area contributed by atoms with Gasteiger partial charge in [0.15, 0.2) is 6.29 Å². The number of hydrogen-bond acceptors (Lipinski definition) is 7. The van der Waals surface area contributed by atoms with E-state index in [2.05, 4.69) is 0 Å². The van der Waals surface area contributed by atoms with Crippen molar-refractivity contribution in [2.45, 2.75) is 30.7 Å². The van der Waals surface area contributed by atoms with Crippen LogP contribution in [0.4, 0.5) is 0 Å². The summed E-state index contributed by atoms with van der Waals surface area (Å²) >= 11 is 0. The minimum atomic E-state index is -1.52. The lowest BCUT2D eigenvalue weighted by atomic mass is 9.99. The average Bonchev–Trinajstić information content (AvgIpc) is 2.25. The van der Waals surface area contributed by atoms with Crippen molar-refractivity contribution in [1.82, 2.24) is 0 Å². The maximum Gasteiger partial charge on any atom is 0.243 e. The summed E-state index contributed by atoms with van der Waals surface area (Å²) in [5, 5.41) is 37.0. The van der Waals surface area contributed by atoms with Crippen LogP contribution in [0.25, 0.3) is 0 Å². The first-order valence-corrected chi connectivity index (χ1v) is 4.67. The standard InChI is InChI=1S/C8H15NO7/c9-4(11)2-15-8-7(14)6(13)5(12)3(1-10)16-8/h3,5-8,10,12-14H,1-2H2,(H2,9,11)/t3?,5-,6-,7?,8?/m0/s1. The van der Waals surface area contributed by atoms with Crippen molar-refractivity contribution in [3.63, 3.8) is 0 Å². The number of amides is 1. The quantitative estimate of drug-likeness (QED) is 0.338. The van der Waals surface area contributed by atoms with Gasteiger partial charge < -0.3 is 35.6 Å². The van der Waals surface area contributed by atoms with Gasteiger partial charge in [0, 0.05) is 0 Å². The summed E-state index contributed by atoms with van der Waals surface area (Å²) in [7, 11) is 0. The van der Waals surface area contributed by atoms with Gasteiger partial charge in [0.05, 0.1) is 6.61 Å². The van der Waals surface area contributed by atoms with Crippen molar-refractivity contribution in [2.24, 2.45) is 5.73 Å². The van der Waals surface area contributed by atoms with Gasteiger partial charge in [0.1, 0.15) is 31.0 Å². The second kappa shape index (κ2) is 5.53. The lowest BCUT2D eigenvalue weighted by Gasteiger charge is -2.39. The number of rotatable bonds is 4. The number of nitrogens with two attached hydrogens (primary N) is 1. The molecule has 6 N–H and O–H groups in total. The fraction of sp³-hybridized carbons (Fsp3) is 0.875. The molecule has 1 saturated heterocycles. The summed E-state index contributed by atoms with van der Waals surface area (Å²) < 4.78 is 9.72. The number of carbonyl (C=O) groups is 1. The summed E-state index contributed by atoms with van der Waals surface area (Å²) in [4.78, 5) is 10.4. The summed E-state index contributed by atoms with van der Waals surface area (Å²) in [6.07, 6.45) is -6.87. The Bertz CT molecular complexity index is 247. The Morgan fingerprint density at radius 2 is 1.88 bits per heavy atom. The van der Waals surface area contributed by atoms with Crippen LogP contribution in [0, 0.1) is 0 Å². The SMILES string of the molecule is NC(=O)COC1OC(CO)[C@H](O)[C@H](O)C1O. The third-order valence-electron chi connectivity index (χ3n) is 2.24. The Hall–Kier alpha value is -0.770. The zero-order valence-corrected chi connectivity index (χ0v) is 8.39. The van der Waals surface area contributed by atoms with E-state index in [1.54, 1.807) is 0 Å². The maximum atomic E-state index is 10.4.